The first kappa shape index (κ1) is 15.0. The summed E-state index contributed by atoms with van der Waals surface area (Å²) in [5.74, 6) is -2.44. The quantitative estimate of drug-likeness (QED) is 0.454. The monoisotopic (exact) mass is 279 g/mol. The van der Waals surface area contributed by atoms with Crippen LogP contribution in [0.3, 0.4) is 0 Å². The van der Waals surface area contributed by atoms with E-state index >= 15 is 0 Å². The molecule has 20 heavy (non-hydrogen) atoms. The van der Waals surface area contributed by atoms with Gasteiger partial charge in [0.15, 0.2) is 5.92 Å². The van der Waals surface area contributed by atoms with Gasteiger partial charge in [-0.1, -0.05) is 0 Å². The SMILES string of the molecule is CCOC(=O)C(C#N)c1ccc([N+](=O)[O-])cc1[N+](=O)[O-]. The van der Waals surface area contributed by atoms with E-state index in [2.05, 4.69) is 4.74 Å². The summed E-state index contributed by atoms with van der Waals surface area (Å²) < 4.78 is 4.64. The van der Waals surface area contributed by atoms with Crippen LogP contribution < -0.4 is 0 Å². The molecule has 0 heterocycles. The van der Waals surface area contributed by atoms with Crippen LogP contribution in [0.25, 0.3) is 0 Å². The first-order chi connectivity index (χ1) is 9.42. The number of rotatable bonds is 5. The predicted molar refractivity (Wildman–Crippen MR) is 64.7 cm³/mol. The number of hydrogen-bond acceptors (Lipinski definition) is 7. The molecule has 1 unspecified atom stereocenters. The van der Waals surface area contributed by atoms with Gasteiger partial charge in [0.25, 0.3) is 11.4 Å². The van der Waals surface area contributed by atoms with Crippen molar-refractivity contribution in [1.82, 2.24) is 0 Å². The van der Waals surface area contributed by atoms with Crippen molar-refractivity contribution in [2.75, 3.05) is 6.61 Å². The Morgan fingerprint density at radius 3 is 2.50 bits per heavy atom. The predicted octanol–water partition coefficient (Wildman–Crippen LogP) is 1.67. The van der Waals surface area contributed by atoms with Crippen molar-refractivity contribution in [3.8, 4) is 6.07 Å². The molecule has 0 bridgehead atoms. The molecule has 1 aromatic rings. The van der Waals surface area contributed by atoms with Crippen LogP contribution in [0.5, 0.6) is 0 Å². The Morgan fingerprint density at radius 1 is 1.40 bits per heavy atom. The molecule has 0 spiro atoms. The minimum absolute atomic E-state index is 0.0117. The van der Waals surface area contributed by atoms with Crippen molar-refractivity contribution in [3.05, 3.63) is 44.0 Å². The number of benzene rings is 1. The van der Waals surface area contributed by atoms with Gasteiger partial charge in [-0.3, -0.25) is 25.0 Å². The van der Waals surface area contributed by atoms with Crippen LogP contribution in [0.1, 0.15) is 18.4 Å². The lowest BCUT2D eigenvalue weighted by Gasteiger charge is -2.08. The van der Waals surface area contributed by atoms with E-state index in [0.717, 1.165) is 12.1 Å². The van der Waals surface area contributed by atoms with E-state index in [1.54, 1.807) is 6.07 Å². The largest absolute Gasteiger partial charge is 0.465 e. The number of non-ortho nitro benzene ring substituents is 1. The third-order valence-corrected chi connectivity index (χ3v) is 2.38. The van der Waals surface area contributed by atoms with Gasteiger partial charge in [0.1, 0.15) is 0 Å². The first-order valence-corrected chi connectivity index (χ1v) is 5.41. The third kappa shape index (κ3) is 3.05. The highest BCUT2D eigenvalue weighted by Gasteiger charge is 2.31. The van der Waals surface area contributed by atoms with Crippen molar-refractivity contribution >= 4 is 17.3 Å². The van der Waals surface area contributed by atoms with Gasteiger partial charge in [-0.2, -0.15) is 5.26 Å². The van der Waals surface area contributed by atoms with E-state index < -0.39 is 33.1 Å². The maximum atomic E-state index is 11.6. The van der Waals surface area contributed by atoms with Crippen LogP contribution in [-0.2, 0) is 9.53 Å². The molecule has 0 saturated carbocycles. The Balaban J connectivity index is 3.36. The van der Waals surface area contributed by atoms with E-state index in [1.165, 1.54) is 6.92 Å². The van der Waals surface area contributed by atoms with Crippen LogP contribution >= 0.6 is 0 Å². The standard InChI is InChI=1S/C11H9N3O6/c1-2-20-11(15)9(6-12)8-4-3-7(13(16)17)5-10(8)14(18)19/h3-5,9H,2H2,1H3. The smallest absolute Gasteiger partial charge is 0.328 e. The number of carbonyl (C=O) groups excluding carboxylic acids is 1. The van der Waals surface area contributed by atoms with Crippen molar-refractivity contribution in [3.63, 3.8) is 0 Å². The summed E-state index contributed by atoms with van der Waals surface area (Å²) in [6, 6.07) is 4.31. The summed E-state index contributed by atoms with van der Waals surface area (Å²) >= 11 is 0. The highest BCUT2D eigenvalue weighted by molar-refractivity contribution is 5.83. The average molecular weight is 279 g/mol. The zero-order valence-electron chi connectivity index (χ0n) is 10.3. The summed E-state index contributed by atoms with van der Waals surface area (Å²) in [6.45, 7) is 1.54. The van der Waals surface area contributed by atoms with Gasteiger partial charge >= 0.3 is 5.97 Å². The molecule has 0 radical (unpaired) electrons. The van der Waals surface area contributed by atoms with Gasteiger partial charge in [0.2, 0.25) is 0 Å². The molecule has 1 aromatic carbocycles. The van der Waals surface area contributed by atoms with Crippen LogP contribution in [-0.4, -0.2) is 22.4 Å². The van der Waals surface area contributed by atoms with Gasteiger partial charge in [-0.15, -0.1) is 0 Å². The molecule has 9 nitrogen and oxygen atoms in total. The van der Waals surface area contributed by atoms with Crippen molar-refractivity contribution in [2.24, 2.45) is 0 Å². The van der Waals surface area contributed by atoms with Gasteiger partial charge in [-0.25, -0.2) is 0 Å². The Hall–Kier alpha value is -3.02. The highest BCUT2D eigenvalue weighted by atomic mass is 16.6. The van der Waals surface area contributed by atoms with Crippen molar-refractivity contribution < 1.29 is 19.4 Å². The highest BCUT2D eigenvalue weighted by Crippen LogP contribution is 2.30. The van der Waals surface area contributed by atoms with Crippen LogP contribution in [0.15, 0.2) is 18.2 Å². The van der Waals surface area contributed by atoms with Gasteiger partial charge in [0.05, 0.1) is 34.2 Å². The second-order valence-electron chi connectivity index (χ2n) is 3.57. The minimum atomic E-state index is -1.50. The molecule has 0 N–H and O–H groups in total. The van der Waals surface area contributed by atoms with Crippen LogP contribution in [0.2, 0.25) is 0 Å². The average Bonchev–Trinajstić information content (AvgIpc) is 2.39. The second-order valence-corrected chi connectivity index (χ2v) is 3.57. The number of hydrogen-bond donors (Lipinski definition) is 0. The first-order valence-electron chi connectivity index (χ1n) is 5.41. The van der Waals surface area contributed by atoms with E-state index in [4.69, 9.17) is 5.26 Å². The summed E-state index contributed by atoms with van der Waals surface area (Å²) in [7, 11) is 0. The lowest BCUT2D eigenvalue weighted by molar-refractivity contribution is -0.394. The molecule has 0 aliphatic heterocycles. The number of nitro groups is 2. The zero-order valence-corrected chi connectivity index (χ0v) is 10.3. The molecule has 1 rings (SSSR count). The lowest BCUT2D eigenvalue weighted by atomic mass is 9.98. The van der Waals surface area contributed by atoms with Crippen molar-refractivity contribution in [1.29, 1.82) is 5.26 Å². The molecule has 0 fully saturated rings. The van der Waals surface area contributed by atoms with Gasteiger partial charge in [-0.05, 0) is 13.0 Å². The summed E-state index contributed by atoms with van der Waals surface area (Å²) in [6.07, 6.45) is 0. The number of nitrogens with zero attached hydrogens (tertiary/aromatic N) is 3. The van der Waals surface area contributed by atoms with Gasteiger partial charge < -0.3 is 4.74 Å². The fraction of sp³-hybridized carbons (Fsp3) is 0.273. The second kappa shape index (κ2) is 6.24. The molecule has 0 aromatic heterocycles. The van der Waals surface area contributed by atoms with Crippen LogP contribution in [0.4, 0.5) is 11.4 Å². The molecule has 0 aliphatic carbocycles. The fourth-order valence-electron chi connectivity index (χ4n) is 1.52. The minimum Gasteiger partial charge on any atom is -0.465 e. The molecule has 9 heteroatoms. The molecule has 0 saturated heterocycles. The number of nitriles is 1. The number of ether oxygens (including phenoxy) is 1. The topological polar surface area (TPSA) is 136 Å². The maximum Gasteiger partial charge on any atom is 0.328 e. The summed E-state index contributed by atoms with van der Waals surface area (Å²) in [4.78, 5) is 31.4. The fourth-order valence-corrected chi connectivity index (χ4v) is 1.52. The maximum absolute atomic E-state index is 11.6. The molecule has 104 valence electrons. The Morgan fingerprint density at radius 2 is 2.05 bits per heavy atom. The Kier molecular flexibility index (Phi) is 4.69. The number of carbonyl (C=O) groups is 1. The number of nitro benzene ring substituents is 2. The van der Waals surface area contributed by atoms with E-state index in [-0.39, 0.29) is 12.2 Å². The normalized spacial score (nSPS) is 11.2. The summed E-state index contributed by atoms with van der Waals surface area (Å²) in [5, 5.41) is 30.5. The lowest BCUT2D eigenvalue weighted by Crippen LogP contribution is -2.15. The molecule has 1 atom stereocenters. The van der Waals surface area contributed by atoms with E-state index in [1.807, 2.05) is 0 Å². The molecule has 0 amide bonds. The number of esters is 1. The third-order valence-electron chi connectivity index (χ3n) is 2.38. The van der Waals surface area contributed by atoms with E-state index in [9.17, 15) is 25.0 Å². The van der Waals surface area contributed by atoms with Gasteiger partial charge in [0, 0.05) is 6.07 Å². The molecular weight excluding hydrogens is 270 g/mol. The van der Waals surface area contributed by atoms with Crippen molar-refractivity contribution in [2.45, 2.75) is 12.8 Å². The Bertz CT molecular complexity index is 607. The van der Waals surface area contributed by atoms with E-state index in [0.29, 0.717) is 6.07 Å². The summed E-state index contributed by atoms with van der Waals surface area (Å²) in [5.41, 5.74) is -1.40. The molecular formula is C11H9N3O6. The Labute approximate surface area is 112 Å². The molecule has 0 aliphatic rings. The zero-order chi connectivity index (χ0) is 15.3. The van der Waals surface area contributed by atoms with Crippen LogP contribution in [0, 0.1) is 31.6 Å².